The first-order valence-corrected chi connectivity index (χ1v) is 19.4. The van der Waals surface area contributed by atoms with Crippen LogP contribution >= 0.6 is 0 Å². The fourth-order valence-corrected chi connectivity index (χ4v) is 7.68. The van der Waals surface area contributed by atoms with Crippen LogP contribution in [0.3, 0.4) is 0 Å². The van der Waals surface area contributed by atoms with Gasteiger partial charge >= 0.3 is 0 Å². The Kier molecular flexibility index (Phi) is 9.16. The minimum absolute atomic E-state index is 0.0151. The Bertz CT molecular complexity index is 763. The lowest BCUT2D eigenvalue weighted by Crippen LogP contribution is -2.51. The Morgan fingerprint density at radius 3 is 2.06 bits per heavy atom. The minimum atomic E-state index is -1.97. The second-order valence-electron chi connectivity index (χ2n) is 14.1. The third-order valence-corrected chi connectivity index (χ3v) is 18.5. The Labute approximate surface area is 213 Å². The molecule has 2 rings (SSSR count). The quantitative estimate of drug-likeness (QED) is 0.169. The largest absolute Gasteiger partial charge is 0.413 e. The van der Waals surface area contributed by atoms with Crippen molar-refractivity contribution >= 4 is 22.4 Å². The van der Waals surface area contributed by atoms with E-state index >= 15 is 0 Å². The molecule has 0 aromatic heterocycles. The molecule has 0 aliphatic heterocycles. The Hall–Kier alpha value is -0.496. The van der Waals surface area contributed by atoms with E-state index in [0.29, 0.717) is 17.4 Å². The van der Waals surface area contributed by atoms with Crippen LogP contribution in [0.5, 0.6) is 0 Å². The van der Waals surface area contributed by atoms with Crippen LogP contribution in [0.25, 0.3) is 0 Å². The monoisotopic (exact) mass is 506 g/mol. The average molecular weight is 507 g/mol. The standard InChI is InChI=1S/C29H54O3Si2/c1-13-18-29(19-15-20-29)26(32-34(11,12)28(6,7)8)17-14-16-23-22(2)24(30)21-25(23)31-33(9,10)27(3,4)5/h14,16,23,25-26H,2,13,15,17-21H2,1,3-12H3/t23-,25-,26?/m1/s1. The highest BCUT2D eigenvalue weighted by Crippen LogP contribution is 2.52. The molecule has 0 aromatic carbocycles. The summed E-state index contributed by atoms with van der Waals surface area (Å²) >= 11 is 0. The normalized spacial score (nSPS) is 25.1. The summed E-state index contributed by atoms with van der Waals surface area (Å²) in [7, 11) is -3.85. The smallest absolute Gasteiger partial charge is 0.192 e. The SMILES string of the molecule is C=C1C(=O)C[C@@H](O[Si](C)(C)C(C)(C)C)[C@@H]1C=CCC(O[Si](C)(C)C(C)(C)C)C1(CCC)CCC1. The maximum Gasteiger partial charge on any atom is 0.192 e. The number of carbonyl (C=O) groups is 1. The van der Waals surface area contributed by atoms with Crippen LogP contribution in [-0.2, 0) is 13.6 Å². The molecule has 2 fully saturated rings. The molecule has 1 unspecified atom stereocenters. The molecule has 0 bridgehead atoms. The van der Waals surface area contributed by atoms with Gasteiger partial charge in [-0.3, -0.25) is 4.79 Å². The van der Waals surface area contributed by atoms with Crippen LogP contribution in [0.15, 0.2) is 24.3 Å². The van der Waals surface area contributed by atoms with Gasteiger partial charge in [-0.25, -0.2) is 0 Å². The summed E-state index contributed by atoms with van der Waals surface area (Å²) in [5.74, 6) is 0.146. The lowest BCUT2D eigenvalue weighted by atomic mass is 9.62. The molecule has 0 aromatic rings. The van der Waals surface area contributed by atoms with Crippen molar-refractivity contribution in [1.29, 1.82) is 0 Å². The predicted octanol–water partition coefficient (Wildman–Crippen LogP) is 8.83. The number of Topliss-reactive ketones (excluding diaryl/α,β-unsaturated/α-hetero) is 1. The topological polar surface area (TPSA) is 35.5 Å². The first kappa shape index (κ1) is 29.7. The lowest BCUT2D eigenvalue weighted by Gasteiger charge is -2.51. The second-order valence-corrected chi connectivity index (χ2v) is 23.6. The number of rotatable bonds is 10. The van der Waals surface area contributed by atoms with Crippen molar-refractivity contribution in [2.24, 2.45) is 11.3 Å². The zero-order valence-corrected chi connectivity index (χ0v) is 26.3. The lowest BCUT2D eigenvalue weighted by molar-refractivity contribution is -0.115. The van der Waals surface area contributed by atoms with Gasteiger partial charge < -0.3 is 8.85 Å². The summed E-state index contributed by atoms with van der Waals surface area (Å²) in [6.07, 6.45) is 12.4. The van der Waals surface area contributed by atoms with E-state index in [4.69, 9.17) is 8.85 Å². The van der Waals surface area contributed by atoms with Crippen LogP contribution in [0.4, 0.5) is 0 Å². The molecule has 34 heavy (non-hydrogen) atoms. The highest BCUT2D eigenvalue weighted by atomic mass is 28.4. The molecule has 2 saturated carbocycles. The summed E-state index contributed by atoms with van der Waals surface area (Å²) in [5, 5.41) is 0.313. The molecule has 196 valence electrons. The summed E-state index contributed by atoms with van der Waals surface area (Å²) < 4.78 is 13.8. The van der Waals surface area contributed by atoms with E-state index in [1.807, 2.05) is 0 Å². The van der Waals surface area contributed by atoms with Crippen molar-refractivity contribution < 1.29 is 13.6 Å². The summed E-state index contributed by atoms with van der Waals surface area (Å²) in [5.41, 5.74) is 1.03. The average Bonchev–Trinajstić information content (AvgIpc) is 2.88. The molecule has 5 heteroatoms. The molecule has 0 spiro atoms. The van der Waals surface area contributed by atoms with Crippen LogP contribution < -0.4 is 0 Å². The summed E-state index contributed by atoms with van der Waals surface area (Å²) in [4.78, 5) is 12.6. The van der Waals surface area contributed by atoms with E-state index in [1.54, 1.807) is 0 Å². The first-order valence-electron chi connectivity index (χ1n) is 13.6. The first-order chi connectivity index (χ1) is 15.4. The van der Waals surface area contributed by atoms with Gasteiger partial charge in [0.25, 0.3) is 0 Å². The second kappa shape index (κ2) is 10.5. The summed E-state index contributed by atoms with van der Waals surface area (Å²) in [6, 6.07) is 0. The van der Waals surface area contributed by atoms with Gasteiger partial charge in [0.2, 0.25) is 0 Å². The van der Waals surface area contributed by atoms with E-state index in [9.17, 15) is 4.79 Å². The predicted molar refractivity (Wildman–Crippen MR) is 151 cm³/mol. The van der Waals surface area contributed by atoms with E-state index in [2.05, 4.69) is 93.4 Å². The molecule has 0 saturated heterocycles. The highest BCUT2D eigenvalue weighted by molar-refractivity contribution is 6.74. The van der Waals surface area contributed by atoms with E-state index < -0.39 is 16.6 Å². The van der Waals surface area contributed by atoms with Gasteiger partial charge in [-0.05, 0) is 72.9 Å². The van der Waals surface area contributed by atoms with Crippen LogP contribution in [0.1, 0.15) is 93.4 Å². The summed E-state index contributed by atoms with van der Waals surface area (Å²) in [6.45, 7) is 29.5. The number of carbonyl (C=O) groups excluding carboxylic acids is 1. The zero-order chi connectivity index (χ0) is 26.2. The van der Waals surface area contributed by atoms with Gasteiger partial charge in [0.1, 0.15) is 0 Å². The molecule has 3 atom stereocenters. The maximum atomic E-state index is 12.6. The van der Waals surface area contributed by atoms with E-state index in [1.165, 1.54) is 32.1 Å². The third kappa shape index (κ3) is 6.43. The fraction of sp³-hybridized carbons (Fsp3) is 0.828. The van der Waals surface area contributed by atoms with Gasteiger partial charge in [-0.1, -0.05) is 80.0 Å². The minimum Gasteiger partial charge on any atom is -0.413 e. The van der Waals surface area contributed by atoms with Crippen molar-refractivity contribution in [3.63, 3.8) is 0 Å². The Morgan fingerprint density at radius 2 is 1.62 bits per heavy atom. The zero-order valence-electron chi connectivity index (χ0n) is 24.3. The van der Waals surface area contributed by atoms with Crippen LogP contribution in [-0.4, -0.2) is 34.6 Å². The molecule has 0 amide bonds. The number of hydrogen-bond donors (Lipinski definition) is 0. The van der Waals surface area contributed by atoms with E-state index in [-0.39, 0.29) is 34.0 Å². The Balaban J connectivity index is 2.24. The van der Waals surface area contributed by atoms with Crippen molar-refractivity contribution in [1.82, 2.24) is 0 Å². The molecular weight excluding hydrogens is 452 g/mol. The number of hydrogen-bond acceptors (Lipinski definition) is 3. The molecule has 0 heterocycles. The van der Waals surface area contributed by atoms with Gasteiger partial charge in [-0.2, -0.15) is 0 Å². The molecule has 0 N–H and O–H groups in total. The maximum absolute atomic E-state index is 12.6. The van der Waals surface area contributed by atoms with Gasteiger partial charge in [0.05, 0.1) is 12.2 Å². The molecule has 3 nitrogen and oxygen atoms in total. The Morgan fingerprint density at radius 1 is 1.06 bits per heavy atom. The van der Waals surface area contributed by atoms with Gasteiger partial charge in [0, 0.05) is 12.3 Å². The molecule has 0 radical (unpaired) electrons. The fourth-order valence-electron chi connectivity index (χ4n) is 4.93. The van der Waals surface area contributed by atoms with Crippen LogP contribution in [0, 0.1) is 11.3 Å². The van der Waals surface area contributed by atoms with Crippen molar-refractivity contribution in [3.05, 3.63) is 24.3 Å². The van der Waals surface area contributed by atoms with E-state index in [0.717, 1.165) is 6.42 Å². The van der Waals surface area contributed by atoms with Crippen molar-refractivity contribution in [2.75, 3.05) is 0 Å². The molecule has 2 aliphatic rings. The number of ketones is 1. The van der Waals surface area contributed by atoms with Gasteiger partial charge in [0.15, 0.2) is 22.4 Å². The van der Waals surface area contributed by atoms with Crippen molar-refractivity contribution in [3.8, 4) is 0 Å². The van der Waals surface area contributed by atoms with Crippen LogP contribution in [0.2, 0.25) is 36.3 Å². The third-order valence-electron chi connectivity index (χ3n) is 9.52. The molecule has 2 aliphatic carbocycles. The van der Waals surface area contributed by atoms with Crippen molar-refractivity contribution in [2.45, 2.75) is 142 Å². The van der Waals surface area contributed by atoms with Gasteiger partial charge in [-0.15, -0.1) is 0 Å². The molecular formula is C29H54O3Si2. The highest BCUT2D eigenvalue weighted by Gasteiger charge is 2.48.